The van der Waals surface area contributed by atoms with Gasteiger partial charge in [0.25, 0.3) is 5.69 Å². The largest absolute Gasteiger partial charge is 0.289 e. The lowest BCUT2D eigenvalue weighted by molar-refractivity contribution is -0.384. The van der Waals surface area contributed by atoms with Gasteiger partial charge in [0.05, 0.1) is 4.92 Å². The minimum Gasteiger partial charge on any atom is -0.289 e. The van der Waals surface area contributed by atoms with Gasteiger partial charge >= 0.3 is 0 Å². The van der Waals surface area contributed by atoms with E-state index in [4.69, 9.17) is 0 Å². The van der Waals surface area contributed by atoms with Crippen molar-refractivity contribution in [2.45, 2.75) is 41.5 Å². The summed E-state index contributed by atoms with van der Waals surface area (Å²) in [5.74, 6) is 0.0980. The summed E-state index contributed by atoms with van der Waals surface area (Å²) in [5, 5.41) is 10.8. The van der Waals surface area contributed by atoms with Crippen molar-refractivity contribution in [3.05, 3.63) is 68.8 Å². The summed E-state index contributed by atoms with van der Waals surface area (Å²) in [7, 11) is 0. The number of hydrogen-bond acceptors (Lipinski definition) is 3. The molecule has 0 bridgehead atoms. The zero-order chi connectivity index (χ0) is 19.0. The number of benzene rings is 1. The lowest BCUT2D eigenvalue weighted by Crippen LogP contribution is -2.27. The molecule has 0 saturated carbocycles. The van der Waals surface area contributed by atoms with E-state index in [1.54, 1.807) is 12.1 Å². The van der Waals surface area contributed by atoms with Gasteiger partial charge in [-0.05, 0) is 52.3 Å². The van der Waals surface area contributed by atoms with E-state index in [0.717, 1.165) is 22.3 Å². The van der Waals surface area contributed by atoms with E-state index in [-0.39, 0.29) is 22.3 Å². The van der Waals surface area contributed by atoms with Crippen molar-refractivity contribution >= 4 is 17.5 Å². The number of nitrogens with zero attached hydrogens (tertiary/aromatic N) is 1. The van der Waals surface area contributed by atoms with Gasteiger partial charge in [-0.15, -0.1) is 0 Å². The molecule has 1 aliphatic rings. The molecule has 0 unspecified atom stereocenters. The third kappa shape index (κ3) is 4.32. The summed E-state index contributed by atoms with van der Waals surface area (Å²) in [4.78, 5) is 23.3. The summed E-state index contributed by atoms with van der Waals surface area (Å²) < 4.78 is 0. The highest BCUT2D eigenvalue weighted by Gasteiger charge is 2.33. The van der Waals surface area contributed by atoms with E-state index in [9.17, 15) is 14.9 Å². The number of allylic oxidation sites excluding steroid dienone is 5. The number of ketones is 1. The zero-order valence-corrected chi connectivity index (χ0v) is 15.7. The maximum atomic E-state index is 12.9. The molecule has 0 spiro atoms. The number of nitro groups is 1. The molecule has 0 atom stereocenters. The van der Waals surface area contributed by atoms with Gasteiger partial charge < -0.3 is 0 Å². The van der Waals surface area contributed by atoms with Crippen LogP contribution in [0.5, 0.6) is 0 Å². The fraction of sp³-hybridized carbons (Fsp3) is 0.381. The molecule has 132 valence electrons. The molecule has 0 N–H and O–H groups in total. The maximum Gasteiger partial charge on any atom is 0.269 e. The molecule has 0 heterocycles. The molecular weight excluding hydrogens is 314 g/mol. The molecule has 2 rings (SSSR count). The highest BCUT2D eigenvalue weighted by atomic mass is 16.6. The minimum atomic E-state index is -0.411. The Morgan fingerprint density at radius 1 is 0.880 bits per heavy atom. The number of carbonyl (C=O) groups excluding carboxylic acids is 1. The van der Waals surface area contributed by atoms with E-state index >= 15 is 0 Å². The van der Waals surface area contributed by atoms with Crippen molar-refractivity contribution in [1.29, 1.82) is 0 Å². The Morgan fingerprint density at radius 2 is 1.32 bits per heavy atom. The Morgan fingerprint density at radius 3 is 1.68 bits per heavy atom. The van der Waals surface area contributed by atoms with Crippen molar-refractivity contribution in [2.24, 2.45) is 10.8 Å². The van der Waals surface area contributed by atoms with Crippen LogP contribution in [0.2, 0.25) is 0 Å². The fourth-order valence-electron chi connectivity index (χ4n) is 2.73. The Kier molecular flexibility index (Phi) is 4.85. The van der Waals surface area contributed by atoms with E-state index in [1.165, 1.54) is 12.1 Å². The second-order valence-electron chi connectivity index (χ2n) is 8.44. The maximum absolute atomic E-state index is 12.9. The third-order valence-corrected chi connectivity index (χ3v) is 4.16. The molecule has 0 amide bonds. The monoisotopic (exact) mass is 339 g/mol. The van der Waals surface area contributed by atoms with Crippen LogP contribution in [0.4, 0.5) is 5.69 Å². The van der Waals surface area contributed by atoms with Gasteiger partial charge in [-0.1, -0.05) is 41.5 Å². The average molecular weight is 339 g/mol. The van der Waals surface area contributed by atoms with Crippen LogP contribution in [-0.4, -0.2) is 10.7 Å². The lowest BCUT2D eigenvalue weighted by atomic mass is 9.72. The van der Waals surface area contributed by atoms with Crippen molar-refractivity contribution in [3.8, 4) is 0 Å². The highest BCUT2D eigenvalue weighted by molar-refractivity contribution is 6.12. The van der Waals surface area contributed by atoms with Crippen LogP contribution in [-0.2, 0) is 4.79 Å². The van der Waals surface area contributed by atoms with Gasteiger partial charge in [0.1, 0.15) is 0 Å². The number of hydrogen-bond donors (Lipinski definition) is 0. The van der Waals surface area contributed by atoms with Crippen LogP contribution in [0.25, 0.3) is 6.08 Å². The molecule has 0 fully saturated rings. The molecule has 0 aliphatic heterocycles. The fourth-order valence-corrected chi connectivity index (χ4v) is 2.73. The Bertz CT molecular complexity index is 759. The van der Waals surface area contributed by atoms with Gasteiger partial charge in [0, 0.05) is 23.3 Å². The quantitative estimate of drug-likeness (QED) is 0.527. The standard InChI is InChI=1S/C21H25NO3/c1-20(2,3)17-12-15(13-18(19(17)23)21(4,5)6)11-14-7-9-16(10-8-14)22(24)25/h7-13H,1-6H3. The molecule has 1 aromatic carbocycles. The van der Waals surface area contributed by atoms with Crippen LogP contribution in [0.1, 0.15) is 47.1 Å². The molecular formula is C21H25NO3. The number of Topliss-reactive ketones (excluding diaryl/α,β-unsaturated/α-hetero) is 1. The number of carbonyl (C=O) groups is 1. The second kappa shape index (κ2) is 6.43. The topological polar surface area (TPSA) is 60.2 Å². The summed E-state index contributed by atoms with van der Waals surface area (Å²) >= 11 is 0. The first kappa shape index (κ1) is 18.8. The lowest BCUT2D eigenvalue weighted by Gasteiger charge is -2.31. The van der Waals surface area contributed by atoms with Gasteiger partial charge in [0.15, 0.2) is 5.78 Å². The molecule has 4 heteroatoms. The molecule has 0 radical (unpaired) electrons. The van der Waals surface area contributed by atoms with Crippen molar-refractivity contribution in [1.82, 2.24) is 0 Å². The third-order valence-electron chi connectivity index (χ3n) is 4.16. The van der Waals surface area contributed by atoms with Crippen LogP contribution >= 0.6 is 0 Å². The van der Waals surface area contributed by atoms with Crippen molar-refractivity contribution in [3.63, 3.8) is 0 Å². The number of rotatable bonds is 2. The van der Waals surface area contributed by atoms with Gasteiger partial charge in [0.2, 0.25) is 0 Å². The molecule has 4 nitrogen and oxygen atoms in total. The Hall–Kier alpha value is -2.49. The number of non-ortho nitro benzene ring substituents is 1. The second-order valence-corrected chi connectivity index (χ2v) is 8.44. The number of nitro benzene ring substituents is 1. The SMILES string of the molecule is CC(C)(C)C1=CC(=Cc2ccc([N+](=O)[O-])cc2)C=C(C(C)(C)C)C1=O. The normalized spacial score (nSPS) is 15.6. The Balaban J connectivity index is 2.53. The van der Waals surface area contributed by atoms with Crippen molar-refractivity contribution < 1.29 is 9.72 Å². The highest BCUT2D eigenvalue weighted by Crippen LogP contribution is 2.39. The smallest absolute Gasteiger partial charge is 0.269 e. The van der Waals surface area contributed by atoms with Crippen LogP contribution in [0.15, 0.2) is 53.1 Å². The molecule has 1 aliphatic carbocycles. The first-order valence-corrected chi connectivity index (χ1v) is 8.35. The summed E-state index contributed by atoms with van der Waals surface area (Å²) in [6.07, 6.45) is 5.81. The van der Waals surface area contributed by atoms with Gasteiger partial charge in [-0.25, -0.2) is 0 Å². The summed E-state index contributed by atoms with van der Waals surface area (Å²) in [6, 6.07) is 6.42. The van der Waals surface area contributed by atoms with Crippen LogP contribution < -0.4 is 0 Å². The molecule has 0 aromatic heterocycles. The van der Waals surface area contributed by atoms with Gasteiger partial charge in [-0.3, -0.25) is 14.9 Å². The van der Waals surface area contributed by atoms with Gasteiger partial charge in [-0.2, -0.15) is 0 Å². The molecule has 1 aromatic rings. The van der Waals surface area contributed by atoms with E-state index in [0.29, 0.717) is 0 Å². The molecule has 0 saturated heterocycles. The molecule has 25 heavy (non-hydrogen) atoms. The summed E-state index contributed by atoms with van der Waals surface area (Å²) in [5.41, 5.74) is 2.93. The van der Waals surface area contributed by atoms with E-state index < -0.39 is 4.92 Å². The first-order chi connectivity index (χ1) is 11.4. The van der Waals surface area contributed by atoms with Crippen molar-refractivity contribution in [2.75, 3.05) is 0 Å². The zero-order valence-electron chi connectivity index (χ0n) is 15.7. The average Bonchev–Trinajstić information content (AvgIpc) is 2.47. The summed E-state index contributed by atoms with van der Waals surface area (Å²) in [6.45, 7) is 12.2. The van der Waals surface area contributed by atoms with Crippen LogP contribution in [0, 0.1) is 20.9 Å². The van der Waals surface area contributed by atoms with E-state index in [2.05, 4.69) is 0 Å². The predicted molar refractivity (Wildman–Crippen MR) is 101 cm³/mol. The first-order valence-electron chi connectivity index (χ1n) is 8.35. The Labute approximate surface area is 149 Å². The van der Waals surface area contributed by atoms with Crippen LogP contribution in [0.3, 0.4) is 0 Å². The predicted octanol–water partition coefficient (Wildman–Crippen LogP) is 5.51. The van der Waals surface area contributed by atoms with E-state index in [1.807, 2.05) is 59.8 Å². The minimum absolute atomic E-state index is 0.0674.